The Balaban J connectivity index is 1.77. The van der Waals surface area contributed by atoms with E-state index in [4.69, 9.17) is 14.5 Å². The van der Waals surface area contributed by atoms with Crippen LogP contribution in [0.5, 0.6) is 0 Å². The first kappa shape index (κ1) is 31.9. The highest BCUT2D eigenvalue weighted by Gasteiger charge is 2.19. The molecule has 0 atom stereocenters. The summed E-state index contributed by atoms with van der Waals surface area (Å²) in [7, 11) is 0. The fraction of sp³-hybridized carbons (Fsp3) is 0.500. The van der Waals surface area contributed by atoms with Crippen molar-refractivity contribution in [1.82, 2.24) is 15.0 Å². The minimum Gasteiger partial charge on any atom is -0.462 e. The second kappa shape index (κ2) is 17.3. The van der Waals surface area contributed by atoms with Crippen LogP contribution in [-0.4, -0.2) is 40.1 Å². The van der Waals surface area contributed by atoms with Crippen molar-refractivity contribution in [2.45, 2.75) is 98.3 Å². The lowest BCUT2D eigenvalue weighted by Gasteiger charge is -2.12. The third kappa shape index (κ3) is 9.76. The van der Waals surface area contributed by atoms with Gasteiger partial charge in [-0.05, 0) is 75.1 Å². The predicted octanol–water partition coefficient (Wildman–Crippen LogP) is 8.33. The van der Waals surface area contributed by atoms with Gasteiger partial charge in [-0.3, -0.25) is 9.97 Å². The van der Waals surface area contributed by atoms with Crippen LogP contribution in [0.15, 0.2) is 42.7 Å². The third-order valence-electron chi connectivity index (χ3n) is 7.18. The molecule has 0 N–H and O–H groups in total. The van der Waals surface area contributed by atoms with Crippen LogP contribution in [0.3, 0.4) is 0 Å². The van der Waals surface area contributed by atoms with Crippen LogP contribution < -0.4 is 0 Å². The fourth-order valence-electron chi connectivity index (χ4n) is 4.93. The summed E-state index contributed by atoms with van der Waals surface area (Å²) >= 11 is 0. The molecule has 0 aliphatic carbocycles. The molecule has 220 valence electrons. The van der Waals surface area contributed by atoms with Crippen LogP contribution in [0.2, 0.25) is 0 Å². The van der Waals surface area contributed by atoms with Gasteiger partial charge < -0.3 is 9.47 Å². The smallest absolute Gasteiger partial charge is 0.338 e. The van der Waals surface area contributed by atoms with Gasteiger partial charge in [0.1, 0.15) is 0 Å². The number of esters is 2. The van der Waals surface area contributed by atoms with E-state index >= 15 is 0 Å². The van der Waals surface area contributed by atoms with Crippen molar-refractivity contribution in [1.29, 1.82) is 0 Å². The lowest BCUT2D eigenvalue weighted by atomic mass is 10.0. The van der Waals surface area contributed by atoms with E-state index in [0.29, 0.717) is 39.5 Å². The van der Waals surface area contributed by atoms with Crippen molar-refractivity contribution >= 4 is 11.9 Å². The maximum absolute atomic E-state index is 12.8. The van der Waals surface area contributed by atoms with Crippen LogP contribution in [0, 0.1) is 6.92 Å². The van der Waals surface area contributed by atoms with E-state index in [2.05, 4.69) is 16.9 Å². The summed E-state index contributed by atoms with van der Waals surface area (Å²) in [5.41, 5.74) is 4.81. The summed E-state index contributed by atoms with van der Waals surface area (Å²) in [5.74, 6) is -0.866. The van der Waals surface area contributed by atoms with Gasteiger partial charge in [0.05, 0.1) is 47.1 Å². The van der Waals surface area contributed by atoms with E-state index in [-0.39, 0.29) is 13.2 Å². The van der Waals surface area contributed by atoms with Gasteiger partial charge in [0.2, 0.25) is 0 Å². The number of pyridine rings is 3. The van der Waals surface area contributed by atoms with Crippen LogP contribution in [0.4, 0.5) is 0 Å². The number of carbonyl (C=O) groups is 2. The number of carbonyl (C=O) groups excluding carboxylic acids is 2. The molecule has 0 unspecified atom stereocenters. The molecule has 0 saturated carbocycles. The third-order valence-corrected chi connectivity index (χ3v) is 7.18. The molecule has 41 heavy (non-hydrogen) atoms. The molecular weight excluding hydrogens is 514 g/mol. The molecule has 0 aromatic carbocycles. The van der Waals surface area contributed by atoms with E-state index in [0.717, 1.165) is 12.8 Å². The van der Waals surface area contributed by atoms with E-state index in [1.807, 2.05) is 12.1 Å². The molecular formula is C34H45N3O4. The van der Waals surface area contributed by atoms with Gasteiger partial charge in [0.15, 0.2) is 0 Å². The van der Waals surface area contributed by atoms with Gasteiger partial charge in [0.25, 0.3) is 0 Å². The van der Waals surface area contributed by atoms with E-state index < -0.39 is 11.9 Å². The molecule has 0 spiro atoms. The standard InChI is InChI=1S/C34H45N3O4/c1-5-8-9-10-11-12-13-14-15-16-17-26-18-20-35-29(22-26)30-23-27(33(38)40-6-2)24-31(37-30)32-25(4)28(19-21-36-32)34(39)41-7-3/h18-24H,5-17H2,1-4H3. The Morgan fingerprint density at radius 2 is 1.29 bits per heavy atom. The molecule has 3 heterocycles. The maximum Gasteiger partial charge on any atom is 0.338 e. The minimum absolute atomic E-state index is 0.258. The average Bonchev–Trinajstić information content (AvgIpc) is 2.98. The first-order valence-electron chi connectivity index (χ1n) is 15.3. The number of hydrogen-bond donors (Lipinski definition) is 0. The zero-order valence-electron chi connectivity index (χ0n) is 25.2. The van der Waals surface area contributed by atoms with Crippen LogP contribution in [0.1, 0.15) is 117 Å². The molecule has 0 aliphatic heterocycles. The fourth-order valence-corrected chi connectivity index (χ4v) is 4.93. The second-order valence-corrected chi connectivity index (χ2v) is 10.4. The highest BCUT2D eigenvalue weighted by Crippen LogP contribution is 2.28. The van der Waals surface area contributed by atoms with E-state index in [1.165, 1.54) is 63.4 Å². The number of ether oxygens (including phenoxy) is 2. The van der Waals surface area contributed by atoms with Gasteiger partial charge in [-0.2, -0.15) is 0 Å². The van der Waals surface area contributed by atoms with Crippen molar-refractivity contribution in [2.75, 3.05) is 13.2 Å². The molecule has 3 aromatic rings. The number of aryl methyl sites for hydroxylation is 1. The van der Waals surface area contributed by atoms with Crippen LogP contribution in [0.25, 0.3) is 22.8 Å². The summed E-state index contributed by atoms with van der Waals surface area (Å²) < 4.78 is 10.5. The number of rotatable bonds is 17. The molecule has 0 amide bonds. The second-order valence-electron chi connectivity index (χ2n) is 10.4. The van der Waals surface area contributed by atoms with Crippen molar-refractivity contribution in [3.63, 3.8) is 0 Å². The van der Waals surface area contributed by atoms with Crippen molar-refractivity contribution in [2.24, 2.45) is 0 Å². The Morgan fingerprint density at radius 3 is 1.98 bits per heavy atom. The van der Waals surface area contributed by atoms with Gasteiger partial charge in [-0.25, -0.2) is 14.6 Å². The molecule has 7 nitrogen and oxygen atoms in total. The molecule has 0 radical (unpaired) electrons. The van der Waals surface area contributed by atoms with Crippen molar-refractivity contribution in [3.05, 3.63) is 65.0 Å². The maximum atomic E-state index is 12.8. The van der Waals surface area contributed by atoms with Gasteiger partial charge in [0, 0.05) is 12.4 Å². The number of unbranched alkanes of at least 4 members (excludes halogenated alkanes) is 9. The summed E-state index contributed by atoms with van der Waals surface area (Å²) in [5, 5.41) is 0. The zero-order valence-corrected chi connectivity index (χ0v) is 25.2. The van der Waals surface area contributed by atoms with E-state index in [9.17, 15) is 9.59 Å². The van der Waals surface area contributed by atoms with Crippen LogP contribution in [-0.2, 0) is 15.9 Å². The molecule has 0 saturated heterocycles. The molecule has 0 aliphatic rings. The van der Waals surface area contributed by atoms with Crippen LogP contribution >= 0.6 is 0 Å². The first-order chi connectivity index (χ1) is 20.0. The number of hydrogen-bond acceptors (Lipinski definition) is 7. The number of nitrogens with zero attached hydrogens (tertiary/aromatic N) is 3. The Hall–Kier alpha value is -3.61. The molecule has 0 bridgehead atoms. The van der Waals surface area contributed by atoms with Gasteiger partial charge in [-0.15, -0.1) is 0 Å². The highest BCUT2D eigenvalue weighted by atomic mass is 16.5. The summed E-state index contributed by atoms with van der Waals surface area (Å²) in [4.78, 5) is 39.2. The highest BCUT2D eigenvalue weighted by molar-refractivity contribution is 5.94. The SMILES string of the molecule is CCCCCCCCCCCCc1ccnc(-c2cc(C(=O)OCC)cc(-c3nccc(C(=O)OCC)c3C)n2)c1. The normalized spacial score (nSPS) is 10.9. The Morgan fingerprint density at radius 1 is 0.683 bits per heavy atom. The Kier molecular flexibility index (Phi) is 13.4. The predicted molar refractivity (Wildman–Crippen MR) is 163 cm³/mol. The van der Waals surface area contributed by atoms with Crippen molar-refractivity contribution in [3.8, 4) is 22.8 Å². The van der Waals surface area contributed by atoms with E-state index in [1.54, 1.807) is 51.4 Å². The lowest BCUT2D eigenvalue weighted by molar-refractivity contribution is 0.0516. The summed E-state index contributed by atoms with van der Waals surface area (Å²) in [6.07, 6.45) is 17.3. The average molecular weight is 560 g/mol. The van der Waals surface area contributed by atoms with Gasteiger partial charge in [-0.1, -0.05) is 64.7 Å². The topological polar surface area (TPSA) is 91.3 Å². The minimum atomic E-state index is -0.446. The lowest BCUT2D eigenvalue weighted by Crippen LogP contribution is -2.09. The zero-order chi connectivity index (χ0) is 29.5. The Bertz CT molecular complexity index is 1270. The first-order valence-corrected chi connectivity index (χ1v) is 15.3. The monoisotopic (exact) mass is 559 g/mol. The Labute approximate surface area is 245 Å². The summed E-state index contributed by atoms with van der Waals surface area (Å²) in [6, 6.07) is 9.08. The quantitative estimate of drug-likeness (QED) is 0.121. The molecule has 0 fully saturated rings. The molecule has 7 heteroatoms. The number of aromatic nitrogens is 3. The summed E-state index contributed by atoms with van der Waals surface area (Å²) in [6.45, 7) is 8.13. The largest absolute Gasteiger partial charge is 0.462 e. The molecule has 3 rings (SSSR count). The van der Waals surface area contributed by atoms with Crippen molar-refractivity contribution < 1.29 is 19.1 Å². The molecule has 3 aromatic heterocycles. The van der Waals surface area contributed by atoms with Gasteiger partial charge >= 0.3 is 11.9 Å².